The molecule has 6 heteroatoms. The van der Waals surface area contributed by atoms with Crippen LogP contribution in [-0.4, -0.2) is 36.2 Å². The first kappa shape index (κ1) is 10.0. The van der Waals surface area contributed by atoms with E-state index in [1.54, 1.807) is 0 Å². The van der Waals surface area contributed by atoms with Gasteiger partial charge in [-0.05, 0) is 12.8 Å². The number of amides is 3. The summed E-state index contributed by atoms with van der Waals surface area (Å²) in [7, 11) is 0. The van der Waals surface area contributed by atoms with Crippen molar-refractivity contribution in [3.05, 3.63) is 0 Å². The largest absolute Gasteiger partial charge is 0.322 e. The summed E-state index contributed by atoms with van der Waals surface area (Å²) in [6.45, 7) is 0. The second kappa shape index (κ2) is 3.71. The number of carbonyl (C=O) groups excluding carboxylic acids is 2. The maximum atomic E-state index is 11.6. The minimum Gasteiger partial charge on any atom is -0.320 e. The van der Waals surface area contributed by atoms with Crippen LogP contribution in [0.1, 0.15) is 25.7 Å². The molecule has 4 N–H and O–H groups in total. The number of hydrogen-bond donors (Lipinski definition) is 4. The predicted molar refractivity (Wildman–Crippen MR) is 56.6 cm³/mol. The molecule has 2 aliphatic heterocycles. The van der Waals surface area contributed by atoms with Crippen molar-refractivity contribution in [3.8, 4) is 0 Å². The lowest BCUT2D eigenvalue weighted by atomic mass is 9.86. The van der Waals surface area contributed by atoms with E-state index in [1.165, 1.54) is 12.8 Å². The zero-order chi connectivity index (χ0) is 11.1. The monoisotopic (exact) mass is 224 g/mol. The van der Waals surface area contributed by atoms with Gasteiger partial charge in [-0.3, -0.25) is 20.7 Å². The van der Waals surface area contributed by atoms with Crippen LogP contribution in [0, 0.1) is 0 Å². The molecule has 0 bridgehead atoms. The second-order valence-corrected chi connectivity index (χ2v) is 4.75. The Hall–Kier alpha value is -1.14. The van der Waals surface area contributed by atoms with Crippen LogP contribution in [0.25, 0.3) is 0 Å². The molecule has 3 rings (SSSR count). The lowest BCUT2D eigenvalue weighted by molar-refractivity contribution is -0.125. The number of carbonyl (C=O) groups is 2. The summed E-state index contributed by atoms with van der Waals surface area (Å²) < 4.78 is 0. The van der Waals surface area contributed by atoms with E-state index >= 15 is 0 Å². The first-order valence-electron chi connectivity index (χ1n) is 5.87. The highest BCUT2D eigenvalue weighted by molar-refractivity contribution is 6.00. The van der Waals surface area contributed by atoms with Gasteiger partial charge >= 0.3 is 6.03 Å². The van der Waals surface area contributed by atoms with Crippen LogP contribution >= 0.6 is 0 Å². The average molecular weight is 224 g/mol. The van der Waals surface area contributed by atoms with Gasteiger partial charge in [-0.2, -0.15) is 0 Å². The van der Waals surface area contributed by atoms with Crippen molar-refractivity contribution in [1.29, 1.82) is 0 Å². The first-order valence-corrected chi connectivity index (χ1v) is 5.87. The normalized spacial score (nSPS) is 42.8. The minimum absolute atomic E-state index is 0.231. The number of hydrogen-bond acceptors (Lipinski definition) is 4. The summed E-state index contributed by atoms with van der Waals surface area (Å²) >= 11 is 0. The maximum absolute atomic E-state index is 11.6. The molecule has 4 atom stereocenters. The van der Waals surface area contributed by atoms with E-state index in [9.17, 15) is 9.59 Å². The predicted octanol–water partition coefficient (Wildman–Crippen LogP) is -0.975. The quantitative estimate of drug-likeness (QED) is 0.426. The van der Waals surface area contributed by atoms with Crippen LogP contribution < -0.4 is 21.3 Å². The van der Waals surface area contributed by atoms with Crippen molar-refractivity contribution >= 4 is 11.9 Å². The number of piperazine rings is 1. The lowest BCUT2D eigenvalue weighted by Crippen LogP contribution is -2.78. The van der Waals surface area contributed by atoms with Gasteiger partial charge in [0.05, 0.1) is 0 Å². The fourth-order valence-electron chi connectivity index (χ4n) is 2.90. The zero-order valence-corrected chi connectivity index (χ0v) is 8.95. The smallest absolute Gasteiger partial charge is 0.320 e. The third-order valence-electron chi connectivity index (χ3n) is 3.69. The van der Waals surface area contributed by atoms with Crippen LogP contribution in [0.5, 0.6) is 0 Å². The Labute approximate surface area is 93.5 Å². The van der Waals surface area contributed by atoms with Crippen molar-refractivity contribution in [3.63, 3.8) is 0 Å². The SMILES string of the molecule is O=C1NC(=O)C2NC3CCCCC3NC2N1. The fraction of sp³-hybridized carbons (Fsp3) is 0.800. The molecule has 3 amide bonds. The minimum atomic E-state index is -0.408. The molecule has 88 valence electrons. The van der Waals surface area contributed by atoms with Gasteiger partial charge in [-0.15, -0.1) is 0 Å². The summed E-state index contributed by atoms with van der Waals surface area (Å²) in [4.78, 5) is 22.8. The molecule has 2 saturated heterocycles. The van der Waals surface area contributed by atoms with E-state index in [2.05, 4.69) is 21.3 Å². The van der Waals surface area contributed by atoms with Gasteiger partial charge in [0.15, 0.2) is 0 Å². The molecular weight excluding hydrogens is 208 g/mol. The Kier molecular flexibility index (Phi) is 2.33. The summed E-state index contributed by atoms with van der Waals surface area (Å²) in [6, 6.07) is -0.0104. The van der Waals surface area contributed by atoms with Gasteiger partial charge in [-0.1, -0.05) is 12.8 Å². The molecule has 1 saturated carbocycles. The van der Waals surface area contributed by atoms with Crippen LogP contribution in [-0.2, 0) is 4.79 Å². The number of nitrogens with one attached hydrogen (secondary N) is 4. The molecule has 0 spiro atoms. The molecule has 0 aromatic rings. The third-order valence-corrected chi connectivity index (χ3v) is 3.69. The topological polar surface area (TPSA) is 82.3 Å². The molecule has 3 fully saturated rings. The highest BCUT2D eigenvalue weighted by atomic mass is 16.2. The van der Waals surface area contributed by atoms with Gasteiger partial charge in [0, 0.05) is 12.1 Å². The molecule has 16 heavy (non-hydrogen) atoms. The van der Waals surface area contributed by atoms with Crippen molar-refractivity contribution in [2.75, 3.05) is 0 Å². The number of rotatable bonds is 0. The third kappa shape index (κ3) is 1.58. The van der Waals surface area contributed by atoms with Crippen molar-refractivity contribution < 1.29 is 9.59 Å². The Balaban J connectivity index is 1.77. The highest BCUT2D eigenvalue weighted by Gasteiger charge is 2.43. The number of fused-ring (bicyclic) bond motifs is 2. The van der Waals surface area contributed by atoms with Crippen LogP contribution in [0.15, 0.2) is 0 Å². The van der Waals surface area contributed by atoms with E-state index in [-0.39, 0.29) is 18.1 Å². The Bertz CT molecular complexity index is 333. The van der Waals surface area contributed by atoms with Crippen molar-refractivity contribution in [2.24, 2.45) is 0 Å². The fourth-order valence-corrected chi connectivity index (χ4v) is 2.90. The molecule has 1 aliphatic carbocycles. The summed E-state index contributed by atoms with van der Waals surface area (Å²) in [5, 5.41) is 11.7. The summed E-state index contributed by atoms with van der Waals surface area (Å²) in [5.74, 6) is -0.231. The van der Waals surface area contributed by atoms with Crippen LogP contribution in [0.2, 0.25) is 0 Å². The van der Waals surface area contributed by atoms with E-state index in [0.29, 0.717) is 12.1 Å². The number of urea groups is 1. The van der Waals surface area contributed by atoms with E-state index in [1.807, 2.05) is 0 Å². The molecule has 4 unspecified atom stereocenters. The molecule has 3 aliphatic rings. The number of imide groups is 1. The van der Waals surface area contributed by atoms with E-state index < -0.39 is 6.03 Å². The molecule has 0 aromatic carbocycles. The van der Waals surface area contributed by atoms with Gasteiger partial charge in [-0.25, -0.2) is 4.79 Å². The molecule has 0 aromatic heterocycles. The standard InChI is InChI=1S/C10H16N4O2/c15-9-7-8(13-10(16)14-9)12-6-4-2-1-3-5(6)11-7/h5-8,11-12H,1-4H2,(H2,13,14,15,16). The van der Waals surface area contributed by atoms with Crippen LogP contribution in [0.4, 0.5) is 4.79 Å². The Morgan fingerprint density at radius 2 is 1.69 bits per heavy atom. The van der Waals surface area contributed by atoms with E-state index in [4.69, 9.17) is 0 Å². The second-order valence-electron chi connectivity index (χ2n) is 4.75. The van der Waals surface area contributed by atoms with Gasteiger partial charge < -0.3 is 5.32 Å². The van der Waals surface area contributed by atoms with Gasteiger partial charge in [0.1, 0.15) is 12.2 Å². The molecular formula is C10H16N4O2. The molecule has 6 nitrogen and oxygen atoms in total. The molecule has 0 radical (unpaired) electrons. The summed E-state index contributed by atoms with van der Waals surface area (Å²) in [5.41, 5.74) is 0. The Morgan fingerprint density at radius 3 is 2.44 bits per heavy atom. The zero-order valence-electron chi connectivity index (χ0n) is 8.95. The van der Waals surface area contributed by atoms with E-state index in [0.717, 1.165) is 12.8 Å². The first-order chi connectivity index (χ1) is 7.74. The van der Waals surface area contributed by atoms with Crippen LogP contribution in [0.3, 0.4) is 0 Å². The van der Waals surface area contributed by atoms with Gasteiger partial charge in [0.25, 0.3) is 0 Å². The van der Waals surface area contributed by atoms with Crippen molar-refractivity contribution in [1.82, 2.24) is 21.3 Å². The highest BCUT2D eigenvalue weighted by Crippen LogP contribution is 2.23. The Morgan fingerprint density at radius 1 is 1.00 bits per heavy atom. The van der Waals surface area contributed by atoms with Crippen molar-refractivity contribution in [2.45, 2.75) is 50.0 Å². The lowest BCUT2D eigenvalue weighted by Gasteiger charge is -2.46. The average Bonchev–Trinajstić information content (AvgIpc) is 2.27. The maximum Gasteiger partial charge on any atom is 0.322 e. The molecule has 2 heterocycles. The van der Waals surface area contributed by atoms with Gasteiger partial charge in [0.2, 0.25) is 5.91 Å². The summed E-state index contributed by atoms with van der Waals surface area (Å²) in [6.07, 6.45) is 4.37.